The SMILES string of the molecule is Cc1cc2cc3c(cc2nc1SCC(=O)c1ccc(Cl)cc1)OCO3. The van der Waals surface area contributed by atoms with Crippen LogP contribution in [0.25, 0.3) is 10.9 Å². The summed E-state index contributed by atoms with van der Waals surface area (Å²) in [5.74, 6) is 1.82. The fraction of sp³-hybridized carbons (Fsp3) is 0.158. The molecule has 4 nitrogen and oxygen atoms in total. The fourth-order valence-electron chi connectivity index (χ4n) is 2.65. The summed E-state index contributed by atoms with van der Waals surface area (Å²) in [6.07, 6.45) is 0. The van der Waals surface area contributed by atoms with Gasteiger partial charge in [0.05, 0.1) is 11.3 Å². The average molecular weight is 372 g/mol. The molecule has 1 aliphatic rings. The van der Waals surface area contributed by atoms with Crippen molar-refractivity contribution in [3.63, 3.8) is 0 Å². The van der Waals surface area contributed by atoms with Crippen LogP contribution in [0.1, 0.15) is 15.9 Å². The van der Waals surface area contributed by atoms with Crippen molar-refractivity contribution < 1.29 is 14.3 Å². The number of carbonyl (C=O) groups is 1. The van der Waals surface area contributed by atoms with Crippen LogP contribution >= 0.6 is 23.4 Å². The van der Waals surface area contributed by atoms with Gasteiger partial charge in [-0.3, -0.25) is 4.79 Å². The zero-order valence-electron chi connectivity index (χ0n) is 13.4. The van der Waals surface area contributed by atoms with E-state index in [1.54, 1.807) is 24.3 Å². The first-order valence-corrected chi connectivity index (χ1v) is 9.09. The first kappa shape index (κ1) is 16.2. The first-order chi connectivity index (χ1) is 12.1. The number of Topliss-reactive ketones (excluding diaryl/α,β-unsaturated/α-hetero) is 1. The molecule has 0 saturated carbocycles. The number of benzene rings is 2. The lowest BCUT2D eigenvalue weighted by Crippen LogP contribution is -2.02. The summed E-state index contributed by atoms with van der Waals surface area (Å²) in [6, 6.07) is 12.8. The molecule has 0 atom stereocenters. The standard InChI is InChI=1S/C19H14ClNO3S/c1-11-6-13-7-17-18(24-10-23-17)8-15(13)21-19(11)25-9-16(22)12-2-4-14(20)5-3-12/h2-8H,9-10H2,1H3. The number of aromatic nitrogens is 1. The zero-order valence-corrected chi connectivity index (χ0v) is 15.0. The summed E-state index contributed by atoms with van der Waals surface area (Å²) in [4.78, 5) is 17.0. The van der Waals surface area contributed by atoms with Gasteiger partial charge in [0, 0.05) is 22.0 Å². The molecule has 126 valence electrons. The molecule has 0 spiro atoms. The molecule has 25 heavy (non-hydrogen) atoms. The summed E-state index contributed by atoms with van der Waals surface area (Å²) in [7, 11) is 0. The minimum atomic E-state index is 0.0497. The van der Waals surface area contributed by atoms with Gasteiger partial charge in [-0.2, -0.15) is 0 Å². The maximum Gasteiger partial charge on any atom is 0.231 e. The topological polar surface area (TPSA) is 48.4 Å². The molecule has 3 aromatic rings. The van der Waals surface area contributed by atoms with Crippen LogP contribution in [0.3, 0.4) is 0 Å². The summed E-state index contributed by atoms with van der Waals surface area (Å²) in [5, 5.41) is 2.46. The highest BCUT2D eigenvalue weighted by Gasteiger charge is 2.16. The first-order valence-electron chi connectivity index (χ1n) is 7.73. The Morgan fingerprint density at radius 3 is 2.64 bits per heavy atom. The largest absolute Gasteiger partial charge is 0.454 e. The normalized spacial score (nSPS) is 12.6. The fourth-order valence-corrected chi connectivity index (χ4v) is 3.66. The number of ether oxygens (including phenoxy) is 2. The summed E-state index contributed by atoms with van der Waals surface area (Å²) < 4.78 is 10.8. The van der Waals surface area contributed by atoms with E-state index >= 15 is 0 Å². The van der Waals surface area contributed by atoms with Gasteiger partial charge < -0.3 is 9.47 Å². The number of rotatable bonds is 4. The molecule has 0 fully saturated rings. The van der Waals surface area contributed by atoms with E-state index in [1.807, 2.05) is 19.1 Å². The summed E-state index contributed by atoms with van der Waals surface area (Å²) in [6.45, 7) is 2.23. The molecule has 0 aliphatic carbocycles. The lowest BCUT2D eigenvalue weighted by Gasteiger charge is -2.08. The number of hydrogen-bond donors (Lipinski definition) is 0. The Morgan fingerprint density at radius 1 is 1.16 bits per heavy atom. The Labute approximate surface area is 154 Å². The third-order valence-corrected chi connectivity index (χ3v) is 5.30. The minimum absolute atomic E-state index is 0.0497. The Bertz CT molecular complexity index is 973. The maximum absolute atomic E-state index is 12.3. The van der Waals surface area contributed by atoms with Gasteiger partial charge in [0.25, 0.3) is 0 Å². The van der Waals surface area contributed by atoms with Crippen molar-refractivity contribution >= 4 is 40.0 Å². The van der Waals surface area contributed by atoms with Gasteiger partial charge in [0.15, 0.2) is 17.3 Å². The molecule has 0 saturated heterocycles. The van der Waals surface area contributed by atoms with Gasteiger partial charge in [-0.15, -0.1) is 0 Å². The van der Waals surface area contributed by atoms with Gasteiger partial charge >= 0.3 is 0 Å². The van der Waals surface area contributed by atoms with E-state index in [9.17, 15) is 4.79 Å². The van der Waals surface area contributed by atoms with Crippen LogP contribution < -0.4 is 9.47 Å². The zero-order chi connectivity index (χ0) is 17.4. The van der Waals surface area contributed by atoms with Gasteiger partial charge in [-0.05, 0) is 48.9 Å². The molecule has 2 heterocycles. The molecule has 0 bridgehead atoms. The molecular weight excluding hydrogens is 358 g/mol. The third-order valence-electron chi connectivity index (χ3n) is 3.96. The number of pyridine rings is 1. The monoisotopic (exact) mass is 371 g/mol. The van der Waals surface area contributed by atoms with E-state index in [4.69, 9.17) is 21.1 Å². The van der Waals surface area contributed by atoms with E-state index in [2.05, 4.69) is 11.1 Å². The van der Waals surface area contributed by atoms with Crippen LogP contribution in [-0.2, 0) is 0 Å². The number of thioether (sulfide) groups is 1. The van der Waals surface area contributed by atoms with Gasteiger partial charge in [-0.25, -0.2) is 4.98 Å². The highest BCUT2D eigenvalue weighted by Crippen LogP contribution is 2.37. The van der Waals surface area contributed by atoms with Crippen molar-refractivity contribution in [1.29, 1.82) is 0 Å². The minimum Gasteiger partial charge on any atom is -0.454 e. The van der Waals surface area contributed by atoms with E-state index in [-0.39, 0.29) is 12.6 Å². The van der Waals surface area contributed by atoms with Crippen molar-refractivity contribution in [2.24, 2.45) is 0 Å². The highest BCUT2D eigenvalue weighted by molar-refractivity contribution is 8.00. The van der Waals surface area contributed by atoms with Crippen molar-refractivity contribution in [1.82, 2.24) is 4.98 Å². The van der Waals surface area contributed by atoms with Gasteiger partial charge in [-0.1, -0.05) is 23.4 Å². The predicted octanol–water partition coefficient (Wildman–Crippen LogP) is 4.90. The number of halogens is 1. The van der Waals surface area contributed by atoms with Gasteiger partial charge in [0.2, 0.25) is 6.79 Å². The van der Waals surface area contributed by atoms with Crippen molar-refractivity contribution in [2.45, 2.75) is 11.9 Å². The van der Waals surface area contributed by atoms with Gasteiger partial charge in [0.1, 0.15) is 5.03 Å². The predicted molar refractivity (Wildman–Crippen MR) is 99.1 cm³/mol. The van der Waals surface area contributed by atoms with E-state index in [0.717, 1.165) is 27.2 Å². The molecule has 2 aromatic carbocycles. The smallest absolute Gasteiger partial charge is 0.231 e. The number of carbonyl (C=O) groups excluding carboxylic acids is 1. The second-order valence-corrected chi connectivity index (χ2v) is 7.13. The maximum atomic E-state index is 12.3. The lowest BCUT2D eigenvalue weighted by molar-refractivity contribution is 0.102. The van der Waals surface area contributed by atoms with Crippen LogP contribution in [-0.4, -0.2) is 23.3 Å². The van der Waals surface area contributed by atoms with Crippen molar-refractivity contribution in [3.8, 4) is 11.5 Å². The number of fused-ring (bicyclic) bond motifs is 2. The number of ketones is 1. The number of hydrogen-bond acceptors (Lipinski definition) is 5. The van der Waals surface area contributed by atoms with Crippen LogP contribution in [0.4, 0.5) is 0 Å². The number of nitrogens with zero attached hydrogens (tertiary/aromatic N) is 1. The summed E-state index contributed by atoms with van der Waals surface area (Å²) in [5.41, 5.74) is 2.51. The second-order valence-electron chi connectivity index (χ2n) is 5.73. The Morgan fingerprint density at radius 2 is 1.88 bits per heavy atom. The quantitative estimate of drug-likeness (QED) is 0.482. The molecular formula is C19H14ClNO3S. The van der Waals surface area contributed by atoms with Crippen LogP contribution in [0.5, 0.6) is 11.5 Å². The van der Waals surface area contributed by atoms with Crippen LogP contribution in [0.2, 0.25) is 5.02 Å². The molecule has 0 radical (unpaired) electrons. The van der Waals surface area contributed by atoms with Crippen LogP contribution in [0.15, 0.2) is 47.5 Å². The Kier molecular flexibility index (Phi) is 4.27. The molecule has 4 rings (SSSR count). The average Bonchev–Trinajstić information content (AvgIpc) is 3.05. The Balaban J connectivity index is 1.56. The summed E-state index contributed by atoms with van der Waals surface area (Å²) >= 11 is 7.30. The molecule has 0 unspecified atom stereocenters. The van der Waals surface area contributed by atoms with E-state index < -0.39 is 0 Å². The Hall–Kier alpha value is -2.24. The highest BCUT2D eigenvalue weighted by atomic mass is 35.5. The molecule has 1 aromatic heterocycles. The molecule has 1 aliphatic heterocycles. The third kappa shape index (κ3) is 3.30. The molecule has 0 amide bonds. The van der Waals surface area contributed by atoms with Crippen LogP contribution in [0, 0.1) is 6.92 Å². The van der Waals surface area contributed by atoms with E-state index in [1.165, 1.54) is 11.8 Å². The van der Waals surface area contributed by atoms with E-state index in [0.29, 0.717) is 22.1 Å². The lowest BCUT2D eigenvalue weighted by atomic mass is 10.1. The van der Waals surface area contributed by atoms with Crippen molar-refractivity contribution in [3.05, 3.63) is 58.6 Å². The second kappa shape index (κ2) is 6.58. The van der Waals surface area contributed by atoms with Crippen molar-refractivity contribution in [2.75, 3.05) is 12.5 Å². The number of aryl methyl sites for hydroxylation is 1. The molecule has 0 N–H and O–H groups in total. The molecule has 6 heteroatoms.